The molecule has 0 atom stereocenters. The first kappa shape index (κ1) is 40.5. The number of nitrogens with zero attached hydrogens (tertiary/aromatic N) is 7. The van der Waals surface area contributed by atoms with Crippen LogP contribution in [0.1, 0.15) is 58.9 Å². The number of aryl methyl sites for hydroxylation is 3. The number of nitrogens with two attached hydrogens (primary N) is 1. The Hall–Kier alpha value is -6.67. The molecular formula is C34H39Cl2N15O5. The second kappa shape index (κ2) is 18.1. The third-order valence-corrected chi connectivity index (χ3v) is 8.49. The van der Waals surface area contributed by atoms with Gasteiger partial charge < -0.3 is 41.0 Å². The highest BCUT2D eigenvalue weighted by molar-refractivity contribution is 6.18. The number of nitrogens with one attached hydrogen (secondary N) is 7. The van der Waals surface area contributed by atoms with Crippen LogP contribution in [0.15, 0.2) is 54.9 Å². The number of H-pyrrole nitrogens is 1. The number of carbonyl (C=O) groups is 5. The van der Waals surface area contributed by atoms with Crippen LogP contribution in [0.4, 0.5) is 28.8 Å². The van der Waals surface area contributed by atoms with Gasteiger partial charge in [-0.05, 0) is 36.4 Å². The van der Waals surface area contributed by atoms with Gasteiger partial charge in [0.25, 0.3) is 29.5 Å². The van der Waals surface area contributed by atoms with E-state index >= 15 is 0 Å². The van der Waals surface area contributed by atoms with Crippen molar-refractivity contribution in [1.29, 1.82) is 5.41 Å². The molecule has 56 heavy (non-hydrogen) atoms. The second-order valence-corrected chi connectivity index (χ2v) is 13.0. The number of halogens is 2. The zero-order valence-electron chi connectivity index (χ0n) is 30.4. The summed E-state index contributed by atoms with van der Waals surface area (Å²) in [6.45, 7) is 1.37. The quantitative estimate of drug-likeness (QED) is 0.0387. The number of alkyl halides is 2. The number of carbonyl (C=O) groups excluding carboxylic acids is 5. The highest BCUT2D eigenvalue weighted by atomic mass is 35.5. The van der Waals surface area contributed by atoms with E-state index in [-0.39, 0.29) is 59.2 Å². The first-order valence-corrected chi connectivity index (χ1v) is 18.0. The van der Waals surface area contributed by atoms with E-state index in [1.807, 2.05) is 4.90 Å². The van der Waals surface area contributed by atoms with E-state index in [1.54, 1.807) is 51.6 Å². The van der Waals surface area contributed by atoms with E-state index in [0.29, 0.717) is 36.1 Å². The van der Waals surface area contributed by atoms with E-state index in [1.165, 1.54) is 38.2 Å². The van der Waals surface area contributed by atoms with Gasteiger partial charge in [-0.2, -0.15) is 10.1 Å². The van der Waals surface area contributed by atoms with Gasteiger partial charge in [-0.15, -0.1) is 28.3 Å². The molecule has 0 spiro atoms. The number of hydrogen-bond acceptors (Lipinski definition) is 10. The molecule has 5 amide bonds. The van der Waals surface area contributed by atoms with Crippen LogP contribution < -0.4 is 37.2 Å². The molecule has 1 aromatic carbocycles. The summed E-state index contributed by atoms with van der Waals surface area (Å²) in [4.78, 5) is 70.6. The fraction of sp³-hybridized carbons (Fsp3) is 0.265. The minimum absolute atomic E-state index is 0.0588. The Bertz CT molecular complexity index is 2250. The number of aromatic nitrogens is 7. The van der Waals surface area contributed by atoms with Crippen molar-refractivity contribution in [2.24, 2.45) is 26.9 Å². The molecule has 0 unspecified atom stereocenters. The molecule has 5 aromatic rings. The Morgan fingerprint density at radius 1 is 0.786 bits per heavy atom. The summed E-state index contributed by atoms with van der Waals surface area (Å²) < 4.78 is 4.31. The number of amides is 5. The van der Waals surface area contributed by atoms with E-state index in [9.17, 15) is 24.0 Å². The first-order valence-electron chi connectivity index (χ1n) is 16.9. The Morgan fingerprint density at radius 2 is 1.38 bits per heavy atom. The average molecular weight is 809 g/mol. The summed E-state index contributed by atoms with van der Waals surface area (Å²) in [5, 5.41) is 31.0. The van der Waals surface area contributed by atoms with Gasteiger partial charge in [0, 0.05) is 88.7 Å². The van der Waals surface area contributed by atoms with Crippen LogP contribution in [-0.4, -0.2) is 101 Å². The lowest BCUT2D eigenvalue weighted by molar-refractivity contribution is 0.0942. The summed E-state index contributed by atoms with van der Waals surface area (Å²) in [7, 11) is 4.77. The Morgan fingerprint density at radius 3 is 1.96 bits per heavy atom. The lowest BCUT2D eigenvalue weighted by Crippen LogP contribution is -2.29. The fourth-order valence-electron chi connectivity index (χ4n) is 5.42. The summed E-state index contributed by atoms with van der Waals surface area (Å²) in [5.41, 5.74) is 7.67. The van der Waals surface area contributed by atoms with Gasteiger partial charge in [0.1, 0.15) is 17.1 Å². The molecular weight excluding hydrogens is 769 g/mol. The third-order valence-electron chi connectivity index (χ3n) is 8.15. The SMILES string of the molecule is Cn1cc(NC(=O)c2nc(NC(=O)c3ccc(N(CCCl)CCCl)cc3)n[nH]2)cc1C(=O)Nc1cc(C(=O)Nc2cc(C(=O)NCCC(=N)N)n(C)n2)n(C)c1. The maximum absolute atomic E-state index is 13.2. The number of anilines is 5. The summed E-state index contributed by atoms with van der Waals surface area (Å²) in [6.07, 6.45) is 3.25. The van der Waals surface area contributed by atoms with Crippen LogP contribution in [0.2, 0.25) is 0 Å². The van der Waals surface area contributed by atoms with Crippen molar-refractivity contribution in [3.63, 3.8) is 0 Å². The van der Waals surface area contributed by atoms with Crippen molar-refractivity contribution >= 4 is 87.4 Å². The summed E-state index contributed by atoms with van der Waals surface area (Å²) >= 11 is 11.8. The lowest BCUT2D eigenvalue weighted by atomic mass is 10.2. The van der Waals surface area contributed by atoms with Crippen molar-refractivity contribution in [2.45, 2.75) is 6.42 Å². The van der Waals surface area contributed by atoms with Crippen LogP contribution >= 0.6 is 23.2 Å². The number of rotatable bonds is 17. The van der Waals surface area contributed by atoms with Crippen LogP contribution in [0.5, 0.6) is 0 Å². The largest absolute Gasteiger partial charge is 0.388 e. The minimum atomic E-state index is -0.675. The molecule has 0 aliphatic heterocycles. The van der Waals surface area contributed by atoms with Gasteiger partial charge in [0.2, 0.25) is 11.8 Å². The molecule has 0 aliphatic carbocycles. The molecule has 0 bridgehead atoms. The zero-order valence-corrected chi connectivity index (χ0v) is 32.0. The third kappa shape index (κ3) is 10.1. The zero-order chi connectivity index (χ0) is 40.5. The number of benzene rings is 1. The van der Waals surface area contributed by atoms with E-state index in [4.69, 9.17) is 34.3 Å². The molecule has 4 heterocycles. The van der Waals surface area contributed by atoms with E-state index in [0.717, 1.165) is 5.69 Å². The van der Waals surface area contributed by atoms with Crippen molar-refractivity contribution in [3.05, 3.63) is 83.3 Å². The summed E-state index contributed by atoms with van der Waals surface area (Å²) in [5.74, 6) is -2.07. The highest BCUT2D eigenvalue weighted by Gasteiger charge is 2.21. The van der Waals surface area contributed by atoms with Gasteiger partial charge in [-0.1, -0.05) is 0 Å². The van der Waals surface area contributed by atoms with E-state index < -0.39 is 29.5 Å². The molecule has 20 nitrogen and oxygen atoms in total. The lowest BCUT2D eigenvalue weighted by Gasteiger charge is -2.22. The first-order chi connectivity index (χ1) is 26.8. The number of hydrogen-bond donors (Lipinski definition) is 8. The molecule has 5 rings (SSSR count). The van der Waals surface area contributed by atoms with Crippen molar-refractivity contribution in [1.82, 2.24) is 39.4 Å². The molecule has 0 saturated heterocycles. The average Bonchev–Trinajstić information content (AvgIpc) is 3.94. The van der Waals surface area contributed by atoms with Crippen molar-refractivity contribution < 1.29 is 24.0 Å². The Labute approximate surface area is 329 Å². The molecule has 9 N–H and O–H groups in total. The normalized spacial score (nSPS) is 10.8. The number of aromatic amines is 1. The number of amidine groups is 1. The van der Waals surface area contributed by atoms with Crippen LogP contribution in [0.25, 0.3) is 0 Å². The van der Waals surface area contributed by atoms with Gasteiger partial charge in [0.05, 0.1) is 17.2 Å². The smallest absolute Gasteiger partial charge is 0.293 e. The fourth-order valence-corrected chi connectivity index (χ4v) is 5.82. The molecule has 0 aliphatic rings. The van der Waals surface area contributed by atoms with E-state index in [2.05, 4.69) is 46.9 Å². The van der Waals surface area contributed by atoms with Crippen LogP contribution in [0.3, 0.4) is 0 Å². The topological polar surface area (TPSA) is 268 Å². The molecule has 0 radical (unpaired) electrons. The summed E-state index contributed by atoms with van der Waals surface area (Å²) in [6, 6.07) is 11.2. The monoisotopic (exact) mass is 807 g/mol. The molecule has 294 valence electrons. The maximum atomic E-state index is 13.2. The van der Waals surface area contributed by atoms with Crippen molar-refractivity contribution in [3.8, 4) is 0 Å². The second-order valence-electron chi connectivity index (χ2n) is 12.3. The molecule has 22 heteroatoms. The molecule has 0 saturated carbocycles. The standard InChI is InChI=1S/C34H39Cl2N15O5/c1-48-18-21(41-33(56)28-43-34(46-45-28)44-29(52)19-4-6-22(7-5-19)51(12-9-35)13-10-36)15-23(48)31(54)40-20-14-24(49(2)17-20)32(55)42-27-16-25(50(3)47-27)30(53)39-11-8-26(37)38/h4-7,14-18H,8-13H2,1-3H3,(H3,37,38)(H,39,53)(H,40,54)(H,41,56)(H,42,47,55)(H2,43,44,45,46,52). The minimum Gasteiger partial charge on any atom is -0.388 e. The van der Waals surface area contributed by atoms with Gasteiger partial charge in [-0.3, -0.25) is 44.5 Å². The van der Waals surface area contributed by atoms with Gasteiger partial charge in [0.15, 0.2) is 5.82 Å². The molecule has 0 fully saturated rings. The van der Waals surface area contributed by atoms with Gasteiger partial charge >= 0.3 is 0 Å². The maximum Gasteiger partial charge on any atom is 0.293 e. The van der Waals surface area contributed by atoms with Gasteiger partial charge in [-0.25, -0.2) is 0 Å². The Balaban J connectivity index is 1.15. The molecule has 4 aromatic heterocycles. The van der Waals surface area contributed by atoms with Crippen LogP contribution in [-0.2, 0) is 21.1 Å². The van der Waals surface area contributed by atoms with Crippen molar-refractivity contribution in [2.75, 3.05) is 57.6 Å². The predicted octanol–water partition coefficient (Wildman–Crippen LogP) is 2.56. The Kier molecular flexibility index (Phi) is 13.1. The predicted molar refractivity (Wildman–Crippen MR) is 211 cm³/mol. The highest BCUT2D eigenvalue weighted by Crippen LogP contribution is 2.20. The van der Waals surface area contributed by atoms with Crippen LogP contribution in [0, 0.1) is 5.41 Å².